The minimum absolute atomic E-state index is 0.00399. The average molecular weight is 241 g/mol. The van der Waals surface area contributed by atoms with Crippen LogP contribution in [0.1, 0.15) is 44.9 Å². The van der Waals surface area contributed by atoms with E-state index in [-0.39, 0.29) is 24.2 Å². The fourth-order valence-electron chi connectivity index (χ4n) is 2.54. The first-order valence-corrected chi connectivity index (χ1v) is 6.67. The number of hydrogen-bond acceptors (Lipinski definition) is 4. The monoisotopic (exact) mass is 241 g/mol. The van der Waals surface area contributed by atoms with Crippen LogP contribution in [0.25, 0.3) is 0 Å². The molecule has 0 aliphatic heterocycles. The van der Waals surface area contributed by atoms with Gasteiger partial charge >= 0.3 is 5.97 Å². The summed E-state index contributed by atoms with van der Waals surface area (Å²) in [6.07, 6.45) is 6.94. The van der Waals surface area contributed by atoms with E-state index in [9.17, 15) is 4.79 Å². The van der Waals surface area contributed by atoms with E-state index in [1.807, 2.05) is 0 Å². The third kappa shape index (κ3) is 3.96. The molecule has 4 heteroatoms. The van der Waals surface area contributed by atoms with Crippen LogP contribution in [0.15, 0.2) is 0 Å². The summed E-state index contributed by atoms with van der Waals surface area (Å²) in [7, 11) is 1.72. The normalized spacial score (nSPS) is 30.9. The number of ether oxygens (including phenoxy) is 2. The highest BCUT2D eigenvalue weighted by Crippen LogP contribution is 2.33. The fourth-order valence-corrected chi connectivity index (χ4v) is 2.54. The van der Waals surface area contributed by atoms with Crippen LogP contribution in [0, 0.1) is 5.92 Å². The lowest BCUT2D eigenvalue weighted by molar-refractivity contribution is -0.153. The Morgan fingerprint density at radius 1 is 1.29 bits per heavy atom. The standard InChI is InChI=1S/C13H23NO3/c1-16-10-3-2-4-11(7-10)17-13(15)8-12(14)9-5-6-9/h9-12H,2-8,14H2,1H3. The third-order valence-electron chi connectivity index (χ3n) is 3.84. The molecule has 3 atom stereocenters. The zero-order valence-electron chi connectivity index (χ0n) is 10.6. The van der Waals surface area contributed by atoms with E-state index in [0.29, 0.717) is 12.3 Å². The number of carbonyl (C=O) groups excluding carboxylic acids is 1. The molecule has 2 aliphatic carbocycles. The van der Waals surface area contributed by atoms with E-state index in [1.165, 1.54) is 12.8 Å². The van der Waals surface area contributed by atoms with Crippen molar-refractivity contribution in [2.45, 2.75) is 63.2 Å². The van der Waals surface area contributed by atoms with Crippen molar-refractivity contribution in [3.05, 3.63) is 0 Å². The molecule has 2 fully saturated rings. The zero-order chi connectivity index (χ0) is 12.3. The maximum absolute atomic E-state index is 11.7. The topological polar surface area (TPSA) is 61.5 Å². The summed E-state index contributed by atoms with van der Waals surface area (Å²) in [6.45, 7) is 0. The summed E-state index contributed by atoms with van der Waals surface area (Å²) in [5.41, 5.74) is 5.91. The van der Waals surface area contributed by atoms with Crippen LogP contribution >= 0.6 is 0 Å². The second-order valence-electron chi connectivity index (χ2n) is 5.34. The number of methoxy groups -OCH3 is 1. The largest absolute Gasteiger partial charge is 0.462 e. The molecule has 0 aromatic rings. The molecule has 0 spiro atoms. The van der Waals surface area contributed by atoms with Gasteiger partial charge in [0, 0.05) is 19.6 Å². The van der Waals surface area contributed by atoms with Crippen LogP contribution < -0.4 is 5.73 Å². The fraction of sp³-hybridized carbons (Fsp3) is 0.923. The molecule has 98 valence electrons. The van der Waals surface area contributed by atoms with Crippen molar-refractivity contribution in [3.8, 4) is 0 Å². The van der Waals surface area contributed by atoms with Gasteiger partial charge in [-0.3, -0.25) is 4.79 Å². The van der Waals surface area contributed by atoms with Gasteiger partial charge in [-0.25, -0.2) is 0 Å². The summed E-state index contributed by atoms with van der Waals surface area (Å²) < 4.78 is 10.8. The molecule has 0 saturated heterocycles. The van der Waals surface area contributed by atoms with Gasteiger partial charge in [0.05, 0.1) is 12.5 Å². The Labute approximate surface area is 103 Å². The van der Waals surface area contributed by atoms with Gasteiger partial charge in [-0.1, -0.05) is 0 Å². The van der Waals surface area contributed by atoms with Crippen LogP contribution in [-0.2, 0) is 14.3 Å². The van der Waals surface area contributed by atoms with Crippen molar-refractivity contribution >= 4 is 5.97 Å². The predicted molar refractivity (Wildman–Crippen MR) is 64.5 cm³/mol. The molecular formula is C13H23NO3. The number of rotatable bonds is 5. The summed E-state index contributed by atoms with van der Waals surface area (Å²) in [4.78, 5) is 11.7. The van der Waals surface area contributed by atoms with Crippen molar-refractivity contribution in [1.82, 2.24) is 0 Å². The van der Waals surface area contributed by atoms with Crippen molar-refractivity contribution in [1.29, 1.82) is 0 Å². The van der Waals surface area contributed by atoms with Crippen LogP contribution in [0.4, 0.5) is 0 Å². The maximum Gasteiger partial charge on any atom is 0.307 e. The van der Waals surface area contributed by atoms with Crippen LogP contribution in [0.3, 0.4) is 0 Å². The molecule has 0 radical (unpaired) electrons. The first-order valence-electron chi connectivity index (χ1n) is 6.67. The van der Waals surface area contributed by atoms with Crippen LogP contribution in [0.5, 0.6) is 0 Å². The van der Waals surface area contributed by atoms with Gasteiger partial charge in [-0.15, -0.1) is 0 Å². The molecule has 0 bridgehead atoms. The first kappa shape index (κ1) is 12.8. The van der Waals surface area contributed by atoms with Crippen molar-refractivity contribution in [2.75, 3.05) is 7.11 Å². The lowest BCUT2D eigenvalue weighted by Gasteiger charge is -2.28. The van der Waals surface area contributed by atoms with Gasteiger partial charge in [0.2, 0.25) is 0 Å². The summed E-state index contributed by atoms with van der Waals surface area (Å²) >= 11 is 0. The Morgan fingerprint density at radius 2 is 2.00 bits per heavy atom. The highest BCUT2D eigenvalue weighted by molar-refractivity contribution is 5.70. The molecular weight excluding hydrogens is 218 g/mol. The molecule has 4 nitrogen and oxygen atoms in total. The van der Waals surface area contributed by atoms with Gasteiger partial charge in [-0.2, -0.15) is 0 Å². The first-order chi connectivity index (χ1) is 8.19. The average Bonchev–Trinajstić information content (AvgIpc) is 3.12. The van der Waals surface area contributed by atoms with Crippen molar-refractivity contribution in [2.24, 2.45) is 11.7 Å². The molecule has 2 saturated carbocycles. The van der Waals surface area contributed by atoms with Crippen molar-refractivity contribution in [3.63, 3.8) is 0 Å². The molecule has 2 rings (SSSR count). The van der Waals surface area contributed by atoms with Gasteiger partial charge in [-0.05, 0) is 38.0 Å². The molecule has 17 heavy (non-hydrogen) atoms. The molecule has 3 unspecified atom stereocenters. The SMILES string of the molecule is COC1CCCC(OC(=O)CC(N)C2CC2)C1. The van der Waals surface area contributed by atoms with Crippen molar-refractivity contribution < 1.29 is 14.3 Å². The molecule has 2 aliphatic rings. The number of esters is 1. The lowest BCUT2D eigenvalue weighted by Crippen LogP contribution is -2.32. The maximum atomic E-state index is 11.7. The third-order valence-corrected chi connectivity index (χ3v) is 3.84. The second-order valence-corrected chi connectivity index (χ2v) is 5.34. The Morgan fingerprint density at radius 3 is 2.65 bits per heavy atom. The van der Waals surface area contributed by atoms with E-state index < -0.39 is 0 Å². The van der Waals surface area contributed by atoms with Gasteiger partial charge in [0.15, 0.2) is 0 Å². The Balaban J connectivity index is 1.69. The van der Waals surface area contributed by atoms with E-state index in [4.69, 9.17) is 15.2 Å². The Hall–Kier alpha value is -0.610. The lowest BCUT2D eigenvalue weighted by atomic mass is 9.95. The van der Waals surface area contributed by atoms with E-state index in [0.717, 1.165) is 25.7 Å². The van der Waals surface area contributed by atoms with E-state index in [2.05, 4.69) is 0 Å². The molecule has 2 N–H and O–H groups in total. The smallest absolute Gasteiger partial charge is 0.307 e. The zero-order valence-corrected chi connectivity index (χ0v) is 10.6. The highest BCUT2D eigenvalue weighted by atomic mass is 16.5. The van der Waals surface area contributed by atoms with Crippen LogP contribution in [-0.4, -0.2) is 31.3 Å². The van der Waals surface area contributed by atoms with Crippen LogP contribution in [0.2, 0.25) is 0 Å². The second kappa shape index (κ2) is 5.83. The molecule has 0 aromatic heterocycles. The minimum Gasteiger partial charge on any atom is -0.462 e. The number of hydrogen-bond donors (Lipinski definition) is 1. The van der Waals surface area contributed by atoms with Gasteiger partial charge in [0.1, 0.15) is 6.10 Å². The number of nitrogens with two attached hydrogens (primary N) is 1. The Bertz CT molecular complexity index is 265. The minimum atomic E-state index is -0.133. The molecule has 0 heterocycles. The highest BCUT2D eigenvalue weighted by Gasteiger charge is 2.31. The summed E-state index contributed by atoms with van der Waals surface area (Å²) in [6, 6.07) is 0.00399. The molecule has 0 amide bonds. The summed E-state index contributed by atoms with van der Waals surface area (Å²) in [5.74, 6) is 0.423. The summed E-state index contributed by atoms with van der Waals surface area (Å²) in [5, 5.41) is 0. The van der Waals surface area contributed by atoms with Gasteiger partial charge in [0.25, 0.3) is 0 Å². The van der Waals surface area contributed by atoms with Gasteiger partial charge < -0.3 is 15.2 Å². The molecule has 0 aromatic carbocycles. The van der Waals surface area contributed by atoms with E-state index in [1.54, 1.807) is 7.11 Å². The Kier molecular flexibility index (Phi) is 4.40. The quantitative estimate of drug-likeness (QED) is 0.743. The van der Waals surface area contributed by atoms with E-state index >= 15 is 0 Å². The number of carbonyl (C=O) groups is 1. The predicted octanol–water partition coefficient (Wildman–Crippen LogP) is 1.61.